The molecule has 0 aliphatic heterocycles. The van der Waals surface area contributed by atoms with Crippen LogP contribution in [-0.2, 0) is 20.8 Å². The predicted octanol–water partition coefficient (Wildman–Crippen LogP) is 3.54. The van der Waals surface area contributed by atoms with Crippen molar-refractivity contribution in [2.24, 2.45) is 5.92 Å². The molecule has 0 saturated heterocycles. The first-order valence-electron chi connectivity index (χ1n) is 10.7. The van der Waals surface area contributed by atoms with E-state index in [0.29, 0.717) is 30.0 Å². The molecular formula is C24H30FN3O4. The number of amides is 3. The van der Waals surface area contributed by atoms with E-state index in [2.05, 4.69) is 10.6 Å². The van der Waals surface area contributed by atoms with Gasteiger partial charge in [-0.3, -0.25) is 19.6 Å². The molecule has 2 rings (SSSR count). The molecule has 32 heavy (non-hydrogen) atoms. The smallest absolute Gasteiger partial charge is 0.246 e. The molecule has 8 heteroatoms. The average molecular weight is 444 g/mol. The summed E-state index contributed by atoms with van der Waals surface area (Å²) in [6.45, 7) is 1.82. The number of carbonyl (C=O) groups excluding carboxylic acids is 3. The first-order chi connectivity index (χ1) is 15.4. The van der Waals surface area contributed by atoms with E-state index >= 15 is 0 Å². The lowest BCUT2D eigenvalue weighted by Crippen LogP contribution is -2.48. The maximum atomic E-state index is 13.2. The highest BCUT2D eigenvalue weighted by atomic mass is 19.1. The summed E-state index contributed by atoms with van der Waals surface area (Å²) in [7, 11) is 0. The van der Waals surface area contributed by atoms with Crippen molar-refractivity contribution in [1.29, 1.82) is 0 Å². The molecule has 7 nitrogen and oxygen atoms in total. The zero-order chi connectivity index (χ0) is 23.3. The molecule has 172 valence electrons. The lowest BCUT2D eigenvalue weighted by Gasteiger charge is -2.24. The molecule has 0 aromatic heterocycles. The second-order valence-electron chi connectivity index (χ2n) is 7.65. The molecule has 3 N–H and O–H groups in total. The summed E-state index contributed by atoms with van der Waals surface area (Å²) < 4.78 is 13.2. The van der Waals surface area contributed by atoms with Gasteiger partial charge in [-0.05, 0) is 49.1 Å². The van der Waals surface area contributed by atoms with E-state index in [-0.39, 0.29) is 13.0 Å². The van der Waals surface area contributed by atoms with Gasteiger partial charge in [-0.2, -0.15) is 0 Å². The number of anilines is 1. The van der Waals surface area contributed by atoms with E-state index in [1.807, 2.05) is 37.3 Å². The van der Waals surface area contributed by atoms with Crippen molar-refractivity contribution >= 4 is 23.9 Å². The summed E-state index contributed by atoms with van der Waals surface area (Å²) in [6, 6.07) is 14.1. The van der Waals surface area contributed by atoms with E-state index in [1.165, 1.54) is 24.3 Å². The number of unbranched alkanes of at least 4 members (excludes halogenated alkanes) is 1. The standard InChI is InChI=1S/C24H30FN3O4/c1-2-3-9-19(16-28(32)17-29)23(30)27-22(15-10-18-7-5-4-6-8-18)24(31)26-21-13-11-20(25)12-14-21/h4-8,11-14,17,19,22,32H,2-3,9-10,15-16H2,1H3,(H,26,31)(H,27,30)/t19-,22+/m1/s1. The Balaban J connectivity index is 2.13. The highest BCUT2D eigenvalue weighted by molar-refractivity contribution is 5.97. The van der Waals surface area contributed by atoms with Gasteiger partial charge < -0.3 is 10.6 Å². The van der Waals surface area contributed by atoms with Crippen molar-refractivity contribution in [3.8, 4) is 0 Å². The van der Waals surface area contributed by atoms with Crippen LogP contribution in [0.15, 0.2) is 54.6 Å². The van der Waals surface area contributed by atoms with Crippen molar-refractivity contribution in [1.82, 2.24) is 10.4 Å². The van der Waals surface area contributed by atoms with E-state index in [4.69, 9.17) is 0 Å². The van der Waals surface area contributed by atoms with Crippen LogP contribution in [0, 0.1) is 11.7 Å². The van der Waals surface area contributed by atoms with Crippen molar-refractivity contribution in [2.45, 2.75) is 45.1 Å². The molecule has 0 heterocycles. The highest BCUT2D eigenvalue weighted by Gasteiger charge is 2.26. The fourth-order valence-corrected chi connectivity index (χ4v) is 3.30. The maximum Gasteiger partial charge on any atom is 0.246 e. The minimum Gasteiger partial charge on any atom is -0.344 e. The molecule has 2 atom stereocenters. The number of carbonyl (C=O) groups is 3. The fourth-order valence-electron chi connectivity index (χ4n) is 3.30. The molecule has 0 aliphatic rings. The normalized spacial score (nSPS) is 12.5. The van der Waals surface area contributed by atoms with Gasteiger partial charge in [-0.1, -0.05) is 50.1 Å². The second kappa shape index (κ2) is 13.2. The maximum absolute atomic E-state index is 13.2. The van der Waals surface area contributed by atoms with Gasteiger partial charge in [0.05, 0.1) is 12.5 Å². The summed E-state index contributed by atoms with van der Waals surface area (Å²) in [6.07, 6.45) is 3.21. The summed E-state index contributed by atoms with van der Waals surface area (Å²) in [5.41, 5.74) is 1.44. The summed E-state index contributed by atoms with van der Waals surface area (Å²) in [4.78, 5) is 36.7. The Kier molecular flexibility index (Phi) is 10.3. The van der Waals surface area contributed by atoms with Gasteiger partial charge in [-0.25, -0.2) is 9.45 Å². The van der Waals surface area contributed by atoms with E-state index in [9.17, 15) is 24.0 Å². The number of hydrogen-bond acceptors (Lipinski definition) is 4. The summed E-state index contributed by atoms with van der Waals surface area (Å²) >= 11 is 0. The van der Waals surface area contributed by atoms with Crippen LogP contribution >= 0.6 is 0 Å². The number of hydrogen-bond donors (Lipinski definition) is 3. The Morgan fingerprint density at radius 3 is 2.38 bits per heavy atom. The van der Waals surface area contributed by atoms with Gasteiger partial charge in [0.15, 0.2) is 0 Å². The topological polar surface area (TPSA) is 98.7 Å². The summed E-state index contributed by atoms with van der Waals surface area (Å²) in [5.74, 6) is -1.90. The number of halogens is 1. The molecule has 0 saturated carbocycles. The van der Waals surface area contributed by atoms with E-state index < -0.39 is 29.6 Å². The van der Waals surface area contributed by atoms with Crippen molar-refractivity contribution in [3.05, 3.63) is 66.0 Å². The molecular weight excluding hydrogens is 413 g/mol. The van der Waals surface area contributed by atoms with Crippen molar-refractivity contribution < 1.29 is 24.0 Å². The Hall–Kier alpha value is -3.26. The molecule has 2 aromatic carbocycles. The largest absolute Gasteiger partial charge is 0.344 e. The van der Waals surface area contributed by atoms with Crippen molar-refractivity contribution in [3.63, 3.8) is 0 Å². The van der Waals surface area contributed by atoms with Crippen LogP contribution in [0.4, 0.5) is 10.1 Å². The lowest BCUT2D eigenvalue weighted by atomic mass is 9.99. The van der Waals surface area contributed by atoms with Crippen LogP contribution in [-0.4, -0.2) is 41.1 Å². The van der Waals surface area contributed by atoms with Gasteiger partial charge in [0.1, 0.15) is 11.9 Å². The van der Waals surface area contributed by atoms with Crippen LogP contribution in [0.3, 0.4) is 0 Å². The van der Waals surface area contributed by atoms with E-state index in [1.54, 1.807) is 0 Å². The van der Waals surface area contributed by atoms with Crippen LogP contribution in [0.5, 0.6) is 0 Å². The number of aryl methyl sites for hydroxylation is 1. The molecule has 0 aliphatic carbocycles. The fraction of sp³-hybridized carbons (Fsp3) is 0.375. The van der Waals surface area contributed by atoms with Crippen LogP contribution in [0.1, 0.15) is 38.2 Å². The molecule has 0 spiro atoms. The minimum absolute atomic E-state index is 0.152. The number of nitrogens with one attached hydrogen (secondary N) is 2. The van der Waals surface area contributed by atoms with Crippen LogP contribution < -0.4 is 10.6 Å². The van der Waals surface area contributed by atoms with Crippen molar-refractivity contribution in [2.75, 3.05) is 11.9 Å². The first kappa shape index (κ1) is 25.0. The van der Waals surface area contributed by atoms with Crippen LogP contribution in [0.25, 0.3) is 0 Å². The molecule has 2 aromatic rings. The van der Waals surface area contributed by atoms with Gasteiger partial charge >= 0.3 is 0 Å². The molecule has 0 fully saturated rings. The third-order valence-corrected chi connectivity index (χ3v) is 5.12. The highest BCUT2D eigenvalue weighted by Crippen LogP contribution is 2.14. The van der Waals surface area contributed by atoms with Crippen LogP contribution in [0.2, 0.25) is 0 Å². The molecule has 3 amide bonds. The Morgan fingerprint density at radius 1 is 1.06 bits per heavy atom. The monoisotopic (exact) mass is 443 g/mol. The first-order valence-corrected chi connectivity index (χ1v) is 10.7. The third-order valence-electron chi connectivity index (χ3n) is 5.12. The Labute approximate surface area is 187 Å². The SMILES string of the molecule is CCCC[C@H](CN(O)C=O)C(=O)N[C@@H](CCc1ccccc1)C(=O)Nc1ccc(F)cc1. The lowest BCUT2D eigenvalue weighted by molar-refractivity contribution is -0.155. The van der Waals surface area contributed by atoms with Gasteiger partial charge in [-0.15, -0.1) is 0 Å². The van der Waals surface area contributed by atoms with E-state index in [0.717, 1.165) is 18.4 Å². The number of benzene rings is 2. The predicted molar refractivity (Wildman–Crippen MR) is 119 cm³/mol. The number of hydroxylamine groups is 2. The molecule has 0 radical (unpaired) electrons. The quantitative estimate of drug-likeness (QED) is 0.251. The zero-order valence-electron chi connectivity index (χ0n) is 18.2. The number of nitrogens with zero attached hydrogens (tertiary/aromatic N) is 1. The van der Waals surface area contributed by atoms with Gasteiger partial charge in [0.2, 0.25) is 18.2 Å². The number of rotatable bonds is 13. The summed E-state index contributed by atoms with van der Waals surface area (Å²) in [5, 5.41) is 15.5. The Bertz CT molecular complexity index is 861. The van der Waals surface area contributed by atoms with Gasteiger partial charge in [0.25, 0.3) is 0 Å². The average Bonchev–Trinajstić information content (AvgIpc) is 2.81. The third kappa shape index (κ3) is 8.47. The Morgan fingerprint density at radius 2 is 1.75 bits per heavy atom. The molecule has 0 bridgehead atoms. The van der Waals surface area contributed by atoms with Gasteiger partial charge in [0, 0.05) is 5.69 Å². The molecule has 0 unspecified atom stereocenters. The second-order valence-corrected chi connectivity index (χ2v) is 7.65. The zero-order valence-corrected chi connectivity index (χ0v) is 18.2. The minimum atomic E-state index is -0.847.